The van der Waals surface area contributed by atoms with Crippen LogP contribution >= 0.6 is 0 Å². The minimum Gasteiger partial charge on any atom is -0.336 e. The second-order valence-electron chi connectivity index (χ2n) is 7.90. The van der Waals surface area contributed by atoms with E-state index in [1.165, 1.54) is 17.7 Å². The minimum absolute atomic E-state index is 0.0137. The van der Waals surface area contributed by atoms with Gasteiger partial charge in [0.2, 0.25) is 0 Å². The van der Waals surface area contributed by atoms with Crippen molar-refractivity contribution in [3.05, 3.63) is 84.6 Å². The van der Waals surface area contributed by atoms with Crippen LogP contribution in [0.4, 0.5) is 9.18 Å². The lowest BCUT2D eigenvalue weighted by Gasteiger charge is -2.11. The molecule has 1 aliphatic heterocycles. The van der Waals surface area contributed by atoms with Crippen LogP contribution in [0.1, 0.15) is 5.56 Å². The molecule has 0 bridgehead atoms. The molecule has 3 heterocycles. The second-order valence-corrected chi connectivity index (χ2v) is 7.90. The summed E-state index contributed by atoms with van der Waals surface area (Å²) in [5.41, 5.74) is 5.46. The SMILES string of the molecule is Cc1cccc2c(-c3ccc(F)cc3)cn(-c3cc[n+](CCN4CCNC4=O)cc3)c12. The maximum Gasteiger partial charge on any atom is 0.317 e. The van der Waals surface area contributed by atoms with Gasteiger partial charge in [-0.05, 0) is 30.2 Å². The van der Waals surface area contributed by atoms with Crippen LogP contribution in [-0.2, 0) is 6.54 Å². The molecule has 5 nitrogen and oxygen atoms in total. The van der Waals surface area contributed by atoms with Crippen molar-refractivity contribution in [2.75, 3.05) is 19.6 Å². The van der Waals surface area contributed by atoms with Crippen LogP contribution < -0.4 is 9.88 Å². The molecule has 0 saturated carbocycles. The van der Waals surface area contributed by atoms with Crippen molar-refractivity contribution in [2.45, 2.75) is 13.5 Å². The fourth-order valence-corrected chi connectivity index (χ4v) is 4.24. The van der Waals surface area contributed by atoms with Gasteiger partial charge >= 0.3 is 6.03 Å². The van der Waals surface area contributed by atoms with Crippen molar-refractivity contribution in [3.63, 3.8) is 0 Å². The molecule has 156 valence electrons. The lowest BCUT2D eigenvalue weighted by atomic mass is 10.0. The summed E-state index contributed by atoms with van der Waals surface area (Å²) in [5, 5.41) is 3.97. The quantitative estimate of drug-likeness (QED) is 0.491. The Bertz CT molecular complexity index is 1250. The fourth-order valence-electron chi connectivity index (χ4n) is 4.24. The van der Waals surface area contributed by atoms with Crippen molar-refractivity contribution in [1.82, 2.24) is 14.8 Å². The first-order chi connectivity index (χ1) is 15.1. The number of hydrogen-bond donors (Lipinski definition) is 1. The van der Waals surface area contributed by atoms with Gasteiger partial charge in [-0.25, -0.2) is 13.8 Å². The van der Waals surface area contributed by atoms with Crippen LogP contribution in [0.25, 0.3) is 27.7 Å². The third kappa shape index (κ3) is 3.65. The molecule has 0 spiro atoms. The summed E-state index contributed by atoms with van der Waals surface area (Å²) >= 11 is 0. The number of amides is 2. The lowest BCUT2D eigenvalue weighted by molar-refractivity contribution is -0.696. The molecule has 6 heteroatoms. The van der Waals surface area contributed by atoms with Gasteiger partial charge in [-0.3, -0.25) is 0 Å². The smallest absolute Gasteiger partial charge is 0.317 e. The highest BCUT2D eigenvalue weighted by Crippen LogP contribution is 2.34. The second kappa shape index (κ2) is 7.87. The van der Waals surface area contributed by atoms with E-state index in [4.69, 9.17) is 0 Å². The molecule has 0 atom stereocenters. The predicted molar refractivity (Wildman–Crippen MR) is 119 cm³/mol. The number of halogens is 1. The molecule has 0 unspecified atom stereocenters. The van der Waals surface area contributed by atoms with Gasteiger partial charge in [0.1, 0.15) is 5.82 Å². The van der Waals surface area contributed by atoms with Crippen LogP contribution in [0.3, 0.4) is 0 Å². The number of fused-ring (bicyclic) bond motifs is 1. The van der Waals surface area contributed by atoms with E-state index >= 15 is 0 Å². The fraction of sp³-hybridized carbons (Fsp3) is 0.200. The molecule has 2 aromatic heterocycles. The summed E-state index contributed by atoms with van der Waals surface area (Å²) in [6.45, 7) is 5.03. The van der Waals surface area contributed by atoms with Gasteiger partial charge in [0, 0.05) is 42.4 Å². The van der Waals surface area contributed by atoms with Crippen molar-refractivity contribution in [3.8, 4) is 16.8 Å². The van der Waals surface area contributed by atoms with Crippen molar-refractivity contribution in [1.29, 1.82) is 0 Å². The van der Waals surface area contributed by atoms with Gasteiger partial charge in [0.15, 0.2) is 18.9 Å². The number of nitrogens with zero attached hydrogens (tertiary/aromatic N) is 3. The van der Waals surface area contributed by atoms with E-state index in [0.717, 1.165) is 47.4 Å². The predicted octanol–water partition coefficient (Wildman–Crippen LogP) is 4.06. The third-order valence-corrected chi connectivity index (χ3v) is 5.91. The van der Waals surface area contributed by atoms with Gasteiger partial charge in [-0.15, -0.1) is 0 Å². The van der Waals surface area contributed by atoms with Crippen LogP contribution in [-0.4, -0.2) is 35.1 Å². The molecule has 2 aromatic carbocycles. The summed E-state index contributed by atoms with van der Waals surface area (Å²) in [7, 11) is 0. The van der Waals surface area contributed by atoms with Gasteiger partial charge < -0.3 is 14.8 Å². The number of rotatable bonds is 5. The molecule has 0 radical (unpaired) electrons. The average Bonchev–Trinajstić information content (AvgIpc) is 3.38. The topological polar surface area (TPSA) is 41.1 Å². The van der Waals surface area contributed by atoms with E-state index in [1.807, 2.05) is 29.4 Å². The molecular weight excluding hydrogens is 391 g/mol. The van der Waals surface area contributed by atoms with E-state index < -0.39 is 0 Å². The van der Waals surface area contributed by atoms with Gasteiger partial charge in [0.25, 0.3) is 0 Å². The number of aromatic nitrogens is 2. The summed E-state index contributed by atoms with van der Waals surface area (Å²) in [6, 6.07) is 17.1. The first-order valence-electron chi connectivity index (χ1n) is 10.5. The molecule has 1 fully saturated rings. The van der Waals surface area contributed by atoms with Gasteiger partial charge in [0.05, 0.1) is 17.7 Å². The Labute approximate surface area is 180 Å². The highest BCUT2D eigenvalue weighted by atomic mass is 19.1. The highest BCUT2D eigenvalue weighted by molar-refractivity contribution is 5.98. The standard InChI is InChI=1S/C25H23FN4O/c1-18-3-2-4-22-23(19-5-7-20(26)8-6-19)17-30(24(18)22)21-9-12-28(13-10-21)15-16-29-14-11-27-25(29)31/h2-10,12-13,17H,11,14-16H2,1H3/p+1. The summed E-state index contributed by atoms with van der Waals surface area (Å²) in [5.74, 6) is -0.234. The molecular formula is C25H24FN4O+. The van der Waals surface area contributed by atoms with E-state index in [9.17, 15) is 9.18 Å². The maximum absolute atomic E-state index is 13.4. The average molecular weight is 415 g/mol. The Morgan fingerprint density at radius 2 is 1.84 bits per heavy atom. The molecule has 1 N–H and O–H groups in total. The number of para-hydroxylation sites is 1. The molecule has 0 aliphatic carbocycles. The Morgan fingerprint density at radius 1 is 1.06 bits per heavy atom. The zero-order valence-electron chi connectivity index (χ0n) is 17.4. The van der Waals surface area contributed by atoms with Crippen LogP contribution in [0, 0.1) is 12.7 Å². The van der Waals surface area contributed by atoms with Gasteiger partial charge in [-0.2, -0.15) is 0 Å². The number of carbonyl (C=O) groups is 1. The zero-order chi connectivity index (χ0) is 21.4. The summed E-state index contributed by atoms with van der Waals surface area (Å²) < 4.78 is 17.7. The largest absolute Gasteiger partial charge is 0.336 e. The van der Waals surface area contributed by atoms with Crippen LogP contribution in [0.5, 0.6) is 0 Å². The number of urea groups is 1. The normalized spacial score (nSPS) is 13.7. The van der Waals surface area contributed by atoms with Crippen molar-refractivity contribution >= 4 is 16.9 Å². The Balaban J connectivity index is 1.48. The highest BCUT2D eigenvalue weighted by Gasteiger charge is 2.20. The molecule has 4 aromatic rings. The van der Waals surface area contributed by atoms with Crippen molar-refractivity contribution < 1.29 is 13.8 Å². The lowest BCUT2D eigenvalue weighted by Crippen LogP contribution is -2.41. The van der Waals surface area contributed by atoms with E-state index in [-0.39, 0.29) is 11.8 Å². The molecule has 31 heavy (non-hydrogen) atoms. The van der Waals surface area contributed by atoms with Crippen LogP contribution in [0.2, 0.25) is 0 Å². The Morgan fingerprint density at radius 3 is 2.55 bits per heavy atom. The van der Waals surface area contributed by atoms with Crippen molar-refractivity contribution in [2.24, 2.45) is 0 Å². The monoisotopic (exact) mass is 415 g/mol. The number of benzene rings is 2. The molecule has 1 saturated heterocycles. The Kier molecular flexibility index (Phi) is 4.90. The van der Waals surface area contributed by atoms with E-state index in [2.05, 4.69) is 57.9 Å². The number of aryl methyl sites for hydroxylation is 1. The summed E-state index contributed by atoms with van der Waals surface area (Å²) in [4.78, 5) is 13.5. The molecule has 1 aliphatic rings. The molecule has 2 amide bonds. The first-order valence-corrected chi connectivity index (χ1v) is 10.5. The maximum atomic E-state index is 13.4. The number of carbonyl (C=O) groups excluding carboxylic acids is 1. The van der Waals surface area contributed by atoms with Gasteiger partial charge in [-0.1, -0.05) is 30.3 Å². The number of pyridine rings is 1. The zero-order valence-corrected chi connectivity index (χ0v) is 17.4. The Hall–Kier alpha value is -3.67. The van der Waals surface area contributed by atoms with Crippen LogP contribution in [0.15, 0.2) is 73.2 Å². The minimum atomic E-state index is -0.234. The first kappa shape index (κ1) is 19.3. The van der Waals surface area contributed by atoms with E-state index in [1.54, 1.807) is 0 Å². The summed E-state index contributed by atoms with van der Waals surface area (Å²) in [6.07, 6.45) is 6.22. The number of hydrogen-bond acceptors (Lipinski definition) is 1. The third-order valence-electron chi connectivity index (χ3n) is 5.91. The molecule has 5 rings (SSSR count). The van der Waals surface area contributed by atoms with E-state index in [0.29, 0.717) is 6.54 Å². The number of nitrogens with one attached hydrogen (secondary N) is 1.